The summed E-state index contributed by atoms with van der Waals surface area (Å²) in [4.78, 5) is 4.35. The Kier molecular flexibility index (Phi) is 3.52. The van der Waals surface area contributed by atoms with Gasteiger partial charge >= 0.3 is 0 Å². The molecular formula is C13H19N3O. The van der Waals surface area contributed by atoms with Gasteiger partial charge in [0.05, 0.1) is 13.2 Å². The molecule has 0 aromatic heterocycles. The third-order valence-corrected chi connectivity index (χ3v) is 2.72. The van der Waals surface area contributed by atoms with Crippen LogP contribution in [0.5, 0.6) is 5.75 Å². The molecule has 1 aliphatic heterocycles. The number of ether oxygens (including phenoxy) is 1. The molecule has 1 aliphatic rings. The topological polar surface area (TPSA) is 59.6 Å². The highest BCUT2D eigenvalue weighted by Gasteiger charge is 2.23. The molecule has 1 atom stereocenters. The van der Waals surface area contributed by atoms with Crippen LogP contribution >= 0.6 is 0 Å². The Morgan fingerprint density at radius 1 is 1.53 bits per heavy atom. The molecule has 0 saturated carbocycles. The number of nitrogens with two attached hydrogens (primary N) is 1. The van der Waals surface area contributed by atoms with Crippen molar-refractivity contribution in [3.05, 3.63) is 29.8 Å². The van der Waals surface area contributed by atoms with E-state index in [9.17, 15) is 0 Å². The van der Waals surface area contributed by atoms with Gasteiger partial charge in [-0.25, -0.2) is 0 Å². The summed E-state index contributed by atoms with van der Waals surface area (Å²) in [6.07, 6.45) is 0. The summed E-state index contributed by atoms with van der Waals surface area (Å²) in [5, 5.41) is 3.08. The third-order valence-electron chi connectivity index (χ3n) is 2.72. The molecule has 1 aromatic rings. The largest absolute Gasteiger partial charge is 0.493 e. The van der Waals surface area contributed by atoms with Crippen LogP contribution in [0.3, 0.4) is 0 Å². The summed E-state index contributed by atoms with van der Waals surface area (Å²) < 4.78 is 5.59. The van der Waals surface area contributed by atoms with Crippen LogP contribution in [0.4, 0.5) is 0 Å². The SMILES string of the molecule is CC(C)NC(N)=NCC1COc2ccccc21. The Morgan fingerprint density at radius 2 is 2.29 bits per heavy atom. The highest BCUT2D eigenvalue weighted by molar-refractivity contribution is 5.78. The van der Waals surface area contributed by atoms with Crippen molar-refractivity contribution in [3.8, 4) is 5.75 Å². The fourth-order valence-corrected chi connectivity index (χ4v) is 1.93. The summed E-state index contributed by atoms with van der Waals surface area (Å²) >= 11 is 0. The molecule has 1 heterocycles. The van der Waals surface area contributed by atoms with Gasteiger partial charge in [-0.2, -0.15) is 0 Å². The zero-order chi connectivity index (χ0) is 12.3. The minimum atomic E-state index is 0.311. The second-order valence-electron chi connectivity index (χ2n) is 4.57. The lowest BCUT2D eigenvalue weighted by Gasteiger charge is -2.10. The van der Waals surface area contributed by atoms with E-state index in [0.29, 0.717) is 31.1 Å². The molecule has 0 bridgehead atoms. The van der Waals surface area contributed by atoms with Gasteiger partial charge in [-0.15, -0.1) is 0 Å². The number of hydrogen-bond acceptors (Lipinski definition) is 2. The Morgan fingerprint density at radius 3 is 3.06 bits per heavy atom. The molecule has 0 radical (unpaired) electrons. The van der Waals surface area contributed by atoms with Crippen molar-refractivity contribution in [1.29, 1.82) is 0 Å². The molecule has 3 N–H and O–H groups in total. The van der Waals surface area contributed by atoms with Gasteiger partial charge in [0.15, 0.2) is 5.96 Å². The smallest absolute Gasteiger partial charge is 0.188 e. The first-order valence-electron chi connectivity index (χ1n) is 5.95. The molecule has 2 rings (SSSR count). The Balaban J connectivity index is 1.98. The van der Waals surface area contributed by atoms with Gasteiger partial charge in [0, 0.05) is 17.5 Å². The lowest BCUT2D eigenvalue weighted by Crippen LogP contribution is -2.37. The fourth-order valence-electron chi connectivity index (χ4n) is 1.93. The van der Waals surface area contributed by atoms with E-state index < -0.39 is 0 Å². The zero-order valence-electron chi connectivity index (χ0n) is 10.3. The first-order valence-corrected chi connectivity index (χ1v) is 5.95. The van der Waals surface area contributed by atoms with E-state index in [4.69, 9.17) is 10.5 Å². The quantitative estimate of drug-likeness (QED) is 0.614. The first kappa shape index (κ1) is 11.8. The van der Waals surface area contributed by atoms with E-state index in [1.54, 1.807) is 0 Å². The van der Waals surface area contributed by atoms with E-state index in [0.717, 1.165) is 5.75 Å². The predicted octanol–water partition coefficient (Wildman–Crippen LogP) is 1.48. The molecule has 1 unspecified atom stereocenters. The van der Waals surface area contributed by atoms with Crippen molar-refractivity contribution >= 4 is 5.96 Å². The lowest BCUT2D eigenvalue weighted by atomic mass is 10.0. The average Bonchev–Trinajstić information content (AvgIpc) is 2.69. The number of aliphatic imine (C=N–C) groups is 1. The monoisotopic (exact) mass is 233 g/mol. The molecule has 0 fully saturated rings. The fraction of sp³-hybridized carbons (Fsp3) is 0.462. The van der Waals surface area contributed by atoms with Gasteiger partial charge in [-0.3, -0.25) is 4.99 Å². The summed E-state index contributed by atoms with van der Waals surface area (Å²) in [5.74, 6) is 1.80. The second-order valence-corrected chi connectivity index (χ2v) is 4.57. The van der Waals surface area contributed by atoms with Crippen molar-refractivity contribution in [2.75, 3.05) is 13.2 Å². The van der Waals surface area contributed by atoms with Crippen molar-refractivity contribution in [2.45, 2.75) is 25.8 Å². The molecule has 0 saturated heterocycles. The van der Waals surface area contributed by atoms with Gasteiger partial charge in [-0.1, -0.05) is 18.2 Å². The number of fused-ring (bicyclic) bond motifs is 1. The van der Waals surface area contributed by atoms with Gasteiger partial charge in [0.2, 0.25) is 0 Å². The standard InChI is InChI=1S/C13H19N3O/c1-9(2)16-13(14)15-7-10-8-17-12-6-4-3-5-11(10)12/h3-6,9-10H,7-8H2,1-2H3,(H3,14,15,16). The molecule has 92 valence electrons. The molecule has 0 aliphatic carbocycles. The molecular weight excluding hydrogens is 214 g/mol. The van der Waals surface area contributed by atoms with Crippen LogP contribution < -0.4 is 15.8 Å². The summed E-state index contributed by atoms with van der Waals surface area (Å²) in [7, 11) is 0. The minimum absolute atomic E-state index is 0.311. The minimum Gasteiger partial charge on any atom is -0.493 e. The van der Waals surface area contributed by atoms with Gasteiger partial charge < -0.3 is 15.8 Å². The maximum Gasteiger partial charge on any atom is 0.188 e. The number of nitrogens with zero attached hydrogens (tertiary/aromatic N) is 1. The van der Waals surface area contributed by atoms with Crippen LogP contribution in [0.1, 0.15) is 25.3 Å². The van der Waals surface area contributed by atoms with Crippen molar-refractivity contribution in [2.24, 2.45) is 10.7 Å². The van der Waals surface area contributed by atoms with Crippen LogP contribution in [-0.2, 0) is 0 Å². The number of hydrogen-bond donors (Lipinski definition) is 2. The molecule has 4 heteroatoms. The number of nitrogens with one attached hydrogen (secondary N) is 1. The van der Waals surface area contributed by atoms with Crippen LogP contribution in [0, 0.1) is 0 Å². The third kappa shape index (κ3) is 2.90. The van der Waals surface area contributed by atoms with Crippen LogP contribution in [0.2, 0.25) is 0 Å². The van der Waals surface area contributed by atoms with E-state index in [2.05, 4.69) is 16.4 Å². The maximum atomic E-state index is 5.77. The van der Waals surface area contributed by atoms with E-state index >= 15 is 0 Å². The molecule has 17 heavy (non-hydrogen) atoms. The first-order chi connectivity index (χ1) is 8.16. The number of benzene rings is 1. The van der Waals surface area contributed by atoms with Gasteiger partial charge in [-0.05, 0) is 19.9 Å². The summed E-state index contributed by atoms with van der Waals surface area (Å²) in [6.45, 7) is 5.44. The highest BCUT2D eigenvalue weighted by Crippen LogP contribution is 2.33. The number of guanidine groups is 1. The van der Waals surface area contributed by atoms with Crippen molar-refractivity contribution < 1.29 is 4.74 Å². The Labute approximate surface area is 102 Å². The molecule has 0 amide bonds. The summed E-state index contributed by atoms with van der Waals surface area (Å²) in [6, 6.07) is 8.41. The van der Waals surface area contributed by atoms with Crippen LogP contribution in [0.15, 0.2) is 29.3 Å². The Hall–Kier alpha value is -1.71. The van der Waals surface area contributed by atoms with E-state index in [-0.39, 0.29) is 0 Å². The van der Waals surface area contributed by atoms with Crippen LogP contribution in [0.25, 0.3) is 0 Å². The van der Waals surface area contributed by atoms with E-state index in [1.165, 1.54) is 5.56 Å². The molecule has 0 spiro atoms. The maximum absolute atomic E-state index is 5.77. The zero-order valence-corrected chi connectivity index (χ0v) is 10.3. The molecule has 4 nitrogen and oxygen atoms in total. The second kappa shape index (κ2) is 5.08. The number of para-hydroxylation sites is 1. The van der Waals surface area contributed by atoms with Crippen molar-refractivity contribution in [3.63, 3.8) is 0 Å². The lowest BCUT2D eigenvalue weighted by molar-refractivity contribution is 0.333. The van der Waals surface area contributed by atoms with E-state index in [1.807, 2.05) is 32.0 Å². The van der Waals surface area contributed by atoms with Gasteiger partial charge in [0.1, 0.15) is 5.75 Å². The van der Waals surface area contributed by atoms with Gasteiger partial charge in [0.25, 0.3) is 0 Å². The summed E-state index contributed by atoms with van der Waals surface area (Å²) in [5.41, 5.74) is 7.00. The Bertz CT molecular complexity index is 415. The van der Waals surface area contributed by atoms with Crippen LogP contribution in [-0.4, -0.2) is 25.2 Å². The average molecular weight is 233 g/mol. The van der Waals surface area contributed by atoms with Crippen molar-refractivity contribution in [1.82, 2.24) is 5.32 Å². The molecule has 1 aromatic carbocycles. The normalized spacial score (nSPS) is 19.0. The highest BCUT2D eigenvalue weighted by atomic mass is 16.5. The predicted molar refractivity (Wildman–Crippen MR) is 69.4 cm³/mol. The number of rotatable bonds is 3.